The zero-order chi connectivity index (χ0) is 15.5. The number of hydrogen-bond donors (Lipinski definition) is 0. The van der Waals surface area contributed by atoms with Gasteiger partial charge in [-0.3, -0.25) is 0 Å². The number of aryl methyl sites for hydroxylation is 1. The van der Waals surface area contributed by atoms with Crippen LogP contribution in [0.5, 0.6) is 5.75 Å². The third kappa shape index (κ3) is 4.83. The molecule has 0 N–H and O–H groups in total. The fourth-order valence-electron chi connectivity index (χ4n) is 2.44. The van der Waals surface area contributed by atoms with Crippen molar-refractivity contribution in [3.63, 3.8) is 0 Å². The molecule has 0 atom stereocenters. The molecule has 1 saturated heterocycles. The highest BCUT2D eigenvalue weighted by Gasteiger charge is 2.37. The van der Waals surface area contributed by atoms with Crippen LogP contribution in [0, 0.1) is 18.2 Å². The first-order valence-corrected chi connectivity index (χ1v) is 9.17. The van der Waals surface area contributed by atoms with Crippen LogP contribution in [0.25, 0.3) is 0 Å². The molecule has 1 fully saturated rings. The summed E-state index contributed by atoms with van der Waals surface area (Å²) in [4.78, 5) is 0. The van der Waals surface area contributed by atoms with Crippen molar-refractivity contribution in [2.24, 2.45) is 5.41 Å². The fourth-order valence-corrected chi connectivity index (χ4v) is 4.24. The number of halogens is 2. The maximum atomic E-state index is 13.2. The highest BCUT2D eigenvalue weighted by molar-refractivity contribution is 8.13. The minimum Gasteiger partial charge on any atom is -0.493 e. The van der Waals surface area contributed by atoms with Gasteiger partial charge in [-0.05, 0) is 43.5 Å². The maximum Gasteiger partial charge on any atom is 0.233 e. The van der Waals surface area contributed by atoms with E-state index >= 15 is 0 Å². The van der Waals surface area contributed by atoms with Gasteiger partial charge in [0.05, 0.1) is 12.4 Å². The molecule has 0 amide bonds. The minimum atomic E-state index is -3.62. The summed E-state index contributed by atoms with van der Waals surface area (Å²) >= 11 is 0. The lowest BCUT2D eigenvalue weighted by Gasteiger charge is -2.35. The summed E-state index contributed by atoms with van der Waals surface area (Å²) in [6.45, 7) is 2.83. The van der Waals surface area contributed by atoms with Crippen LogP contribution in [0.15, 0.2) is 18.2 Å². The van der Waals surface area contributed by atoms with Crippen molar-refractivity contribution in [3.8, 4) is 5.75 Å². The first-order chi connectivity index (χ1) is 9.80. The largest absolute Gasteiger partial charge is 0.493 e. The van der Waals surface area contributed by atoms with Crippen LogP contribution in [0.1, 0.15) is 18.4 Å². The second kappa shape index (κ2) is 6.50. The van der Waals surface area contributed by atoms with Gasteiger partial charge in [0.2, 0.25) is 9.05 Å². The van der Waals surface area contributed by atoms with Crippen LogP contribution in [0.2, 0.25) is 0 Å². The average molecular weight is 337 g/mol. The molecular formula is C14H18ClFO4S. The van der Waals surface area contributed by atoms with Gasteiger partial charge in [0.15, 0.2) is 0 Å². The van der Waals surface area contributed by atoms with Gasteiger partial charge in [0.25, 0.3) is 0 Å². The number of benzene rings is 1. The summed E-state index contributed by atoms with van der Waals surface area (Å²) in [5.74, 6) is 0.0728. The van der Waals surface area contributed by atoms with Gasteiger partial charge in [0, 0.05) is 29.3 Å². The highest BCUT2D eigenvalue weighted by atomic mass is 35.7. The lowest BCUT2D eigenvalue weighted by Crippen LogP contribution is -2.40. The van der Waals surface area contributed by atoms with Gasteiger partial charge in [0.1, 0.15) is 11.6 Å². The van der Waals surface area contributed by atoms with Crippen molar-refractivity contribution < 1.29 is 22.3 Å². The van der Waals surface area contributed by atoms with E-state index in [4.69, 9.17) is 20.2 Å². The van der Waals surface area contributed by atoms with Crippen molar-refractivity contribution in [2.45, 2.75) is 19.8 Å². The molecule has 4 nitrogen and oxygen atoms in total. The predicted octanol–water partition coefficient (Wildman–Crippen LogP) is 2.88. The summed E-state index contributed by atoms with van der Waals surface area (Å²) in [5.41, 5.74) is -0.0697. The molecule has 1 aromatic rings. The standard InChI is InChI=1S/C14H18ClFO4S/c1-11-8-12(2-3-13(11)16)20-9-14(10-21(15,17)18)4-6-19-7-5-14/h2-3,8H,4-7,9-10H2,1H3. The molecule has 0 bridgehead atoms. The van der Waals surface area contributed by atoms with E-state index in [0.29, 0.717) is 37.4 Å². The Balaban J connectivity index is 2.10. The normalized spacial score (nSPS) is 18.4. The molecule has 0 radical (unpaired) electrons. The Morgan fingerprint density at radius 3 is 2.62 bits per heavy atom. The van der Waals surface area contributed by atoms with Crippen LogP contribution >= 0.6 is 10.7 Å². The summed E-state index contributed by atoms with van der Waals surface area (Å²) in [7, 11) is 1.79. The van der Waals surface area contributed by atoms with Crippen LogP contribution in [-0.2, 0) is 13.8 Å². The second-order valence-electron chi connectivity index (χ2n) is 5.50. The smallest absolute Gasteiger partial charge is 0.233 e. The Kier molecular flexibility index (Phi) is 5.11. The van der Waals surface area contributed by atoms with E-state index in [9.17, 15) is 12.8 Å². The zero-order valence-corrected chi connectivity index (χ0v) is 13.3. The summed E-state index contributed by atoms with van der Waals surface area (Å²) in [6, 6.07) is 4.46. The molecule has 1 aliphatic rings. The fraction of sp³-hybridized carbons (Fsp3) is 0.571. The molecule has 0 unspecified atom stereocenters. The monoisotopic (exact) mass is 336 g/mol. The van der Waals surface area contributed by atoms with Gasteiger partial charge >= 0.3 is 0 Å². The summed E-state index contributed by atoms with van der Waals surface area (Å²) in [6.07, 6.45) is 1.14. The van der Waals surface area contributed by atoms with Crippen molar-refractivity contribution in [1.29, 1.82) is 0 Å². The zero-order valence-electron chi connectivity index (χ0n) is 11.8. The van der Waals surface area contributed by atoms with Gasteiger partial charge in [-0.25, -0.2) is 12.8 Å². The number of ether oxygens (including phenoxy) is 2. The quantitative estimate of drug-likeness (QED) is 0.776. The molecule has 0 saturated carbocycles. The Morgan fingerprint density at radius 1 is 1.38 bits per heavy atom. The first-order valence-electron chi connectivity index (χ1n) is 6.69. The SMILES string of the molecule is Cc1cc(OCC2(CS(=O)(=O)Cl)CCOCC2)ccc1F. The molecule has 0 spiro atoms. The third-order valence-corrected chi connectivity index (χ3v) is 4.99. The first kappa shape index (κ1) is 16.5. The van der Waals surface area contributed by atoms with E-state index in [0.717, 1.165) is 0 Å². The Labute approximate surface area is 128 Å². The number of rotatable bonds is 5. The van der Waals surface area contributed by atoms with Gasteiger partial charge < -0.3 is 9.47 Å². The molecule has 21 heavy (non-hydrogen) atoms. The van der Waals surface area contributed by atoms with E-state index in [-0.39, 0.29) is 18.2 Å². The molecular weight excluding hydrogens is 319 g/mol. The Morgan fingerprint density at radius 2 is 2.05 bits per heavy atom. The summed E-state index contributed by atoms with van der Waals surface area (Å²) < 4.78 is 47.1. The van der Waals surface area contributed by atoms with Gasteiger partial charge in [-0.15, -0.1) is 0 Å². The molecule has 1 aromatic carbocycles. The second-order valence-corrected chi connectivity index (χ2v) is 8.27. The molecule has 0 aliphatic carbocycles. The van der Waals surface area contributed by atoms with Crippen molar-refractivity contribution in [1.82, 2.24) is 0 Å². The van der Waals surface area contributed by atoms with Gasteiger partial charge in [-0.2, -0.15) is 0 Å². The summed E-state index contributed by atoms with van der Waals surface area (Å²) in [5, 5.41) is 0. The van der Waals surface area contributed by atoms with E-state index in [1.165, 1.54) is 12.1 Å². The van der Waals surface area contributed by atoms with Crippen LogP contribution < -0.4 is 4.74 Å². The predicted molar refractivity (Wildman–Crippen MR) is 78.8 cm³/mol. The van der Waals surface area contributed by atoms with E-state index in [2.05, 4.69) is 0 Å². The Hall–Kier alpha value is -0.850. The molecule has 1 aliphatic heterocycles. The van der Waals surface area contributed by atoms with Crippen LogP contribution in [0.3, 0.4) is 0 Å². The molecule has 1 heterocycles. The van der Waals surface area contributed by atoms with E-state index < -0.39 is 14.5 Å². The lowest BCUT2D eigenvalue weighted by molar-refractivity contribution is 0.00226. The van der Waals surface area contributed by atoms with Crippen molar-refractivity contribution in [3.05, 3.63) is 29.6 Å². The number of hydrogen-bond acceptors (Lipinski definition) is 4. The third-order valence-electron chi connectivity index (χ3n) is 3.71. The lowest BCUT2D eigenvalue weighted by atomic mass is 9.83. The Bertz CT molecular complexity index is 597. The van der Waals surface area contributed by atoms with Crippen molar-refractivity contribution in [2.75, 3.05) is 25.6 Å². The van der Waals surface area contributed by atoms with Gasteiger partial charge in [-0.1, -0.05) is 0 Å². The molecule has 0 aromatic heterocycles. The highest BCUT2D eigenvalue weighted by Crippen LogP contribution is 2.34. The maximum absolute atomic E-state index is 13.2. The molecule has 2 rings (SSSR count). The molecule has 118 valence electrons. The topological polar surface area (TPSA) is 52.6 Å². The average Bonchev–Trinajstić information content (AvgIpc) is 2.39. The molecule has 7 heteroatoms. The van der Waals surface area contributed by atoms with Crippen LogP contribution in [0.4, 0.5) is 4.39 Å². The van der Waals surface area contributed by atoms with Crippen molar-refractivity contribution >= 4 is 19.7 Å². The van der Waals surface area contributed by atoms with E-state index in [1.54, 1.807) is 13.0 Å². The minimum absolute atomic E-state index is 0.148. The van der Waals surface area contributed by atoms with E-state index in [1.807, 2.05) is 0 Å². The van der Waals surface area contributed by atoms with Crippen LogP contribution in [-0.4, -0.2) is 34.0 Å².